The summed E-state index contributed by atoms with van der Waals surface area (Å²) in [5.41, 5.74) is -0.832. The highest BCUT2D eigenvalue weighted by Gasteiger charge is 2.62. The molecule has 0 N–H and O–H groups in total. The molecule has 0 aromatic heterocycles. The van der Waals surface area contributed by atoms with Crippen LogP contribution in [0.5, 0.6) is 0 Å². The van der Waals surface area contributed by atoms with Crippen molar-refractivity contribution in [1.82, 2.24) is 0 Å². The van der Waals surface area contributed by atoms with Gasteiger partial charge in [0.05, 0.1) is 5.56 Å². The third kappa shape index (κ3) is 3.36. The molecule has 0 spiro atoms. The summed E-state index contributed by atoms with van der Waals surface area (Å²) >= 11 is 2.01. The van der Waals surface area contributed by atoms with E-state index in [1.165, 1.54) is 12.1 Å². The molecule has 1 aromatic rings. The van der Waals surface area contributed by atoms with Gasteiger partial charge in [-0.3, -0.25) is 0 Å². The molecule has 4 bridgehead atoms. The largest absolute Gasteiger partial charge is 0.544 e. The molecule has 0 saturated heterocycles. The van der Waals surface area contributed by atoms with E-state index in [4.69, 9.17) is 4.74 Å². The summed E-state index contributed by atoms with van der Waals surface area (Å²) in [6, 6.07) is 6.42. The standard InChI is InChI=1S/C20H21F2IO4/c21-20(22,18(25)26)17(27-16(24)14-2-1-3-15(23)7-14)19-8-11-4-12(9-19)6-13(5-11)10-19/h1-3,7,11-13,17H,4-6,8-10H2,(H,25,26)/p-1. The number of rotatable bonds is 5. The van der Waals surface area contributed by atoms with E-state index in [1.807, 2.05) is 22.6 Å². The Hall–Kier alpha value is -1.25. The highest BCUT2D eigenvalue weighted by Crippen LogP contribution is 2.63. The Balaban J connectivity index is 1.68. The molecule has 1 atom stereocenters. The zero-order chi connectivity index (χ0) is 19.4. The number of carboxylic acids is 1. The monoisotopic (exact) mass is 489 g/mol. The Morgan fingerprint density at radius 3 is 2.19 bits per heavy atom. The zero-order valence-corrected chi connectivity index (χ0v) is 16.8. The van der Waals surface area contributed by atoms with Crippen LogP contribution in [0, 0.1) is 26.7 Å². The molecule has 7 heteroatoms. The van der Waals surface area contributed by atoms with E-state index in [0.29, 0.717) is 37.0 Å². The number of halogens is 3. The van der Waals surface area contributed by atoms with Crippen LogP contribution < -0.4 is 5.11 Å². The molecule has 4 aliphatic carbocycles. The molecule has 4 nitrogen and oxygen atoms in total. The van der Waals surface area contributed by atoms with E-state index in [-0.39, 0.29) is 5.56 Å². The average molecular weight is 489 g/mol. The van der Waals surface area contributed by atoms with Crippen molar-refractivity contribution in [3.63, 3.8) is 0 Å². The first-order valence-corrected chi connectivity index (χ1v) is 10.3. The first-order chi connectivity index (χ1) is 12.7. The van der Waals surface area contributed by atoms with Gasteiger partial charge in [-0.05, 0) is 97.1 Å². The molecule has 0 aliphatic heterocycles. The van der Waals surface area contributed by atoms with Crippen molar-refractivity contribution >= 4 is 34.5 Å². The van der Waals surface area contributed by atoms with Gasteiger partial charge in [-0.25, -0.2) is 4.79 Å². The number of hydrogen-bond donors (Lipinski definition) is 0. The van der Waals surface area contributed by atoms with Gasteiger partial charge in [-0.2, -0.15) is 8.78 Å². The van der Waals surface area contributed by atoms with Gasteiger partial charge in [0, 0.05) is 8.99 Å². The number of alkyl halides is 2. The maximum Gasteiger partial charge on any atom is 0.338 e. The lowest BCUT2D eigenvalue weighted by Gasteiger charge is -2.59. The maximum atomic E-state index is 14.7. The van der Waals surface area contributed by atoms with Crippen LogP contribution in [0.4, 0.5) is 8.78 Å². The van der Waals surface area contributed by atoms with Crippen LogP contribution in [0.2, 0.25) is 0 Å². The number of aliphatic carboxylic acids is 1. The van der Waals surface area contributed by atoms with Crippen LogP contribution in [0.15, 0.2) is 24.3 Å². The van der Waals surface area contributed by atoms with Crippen LogP contribution >= 0.6 is 22.6 Å². The van der Waals surface area contributed by atoms with E-state index >= 15 is 0 Å². The minimum absolute atomic E-state index is 0.144. The van der Waals surface area contributed by atoms with Crippen molar-refractivity contribution in [3.05, 3.63) is 33.4 Å². The number of hydrogen-bond acceptors (Lipinski definition) is 4. The van der Waals surface area contributed by atoms with Crippen molar-refractivity contribution in [1.29, 1.82) is 0 Å². The molecule has 146 valence electrons. The molecule has 0 heterocycles. The fourth-order valence-electron chi connectivity index (χ4n) is 5.98. The van der Waals surface area contributed by atoms with Crippen LogP contribution in [0.3, 0.4) is 0 Å². The first-order valence-electron chi connectivity index (χ1n) is 9.25. The van der Waals surface area contributed by atoms with Gasteiger partial charge in [-0.1, -0.05) is 6.07 Å². The molecule has 4 aliphatic rings. The summed E-state index contributed by atoms with van der Waals surface area (Å²) < 4.78 is 35.5. The molecule has 0 radical (unpaired) electrons. The van der Waals surface area contributed by atoms with Crippen molar-refractivity contribution in [2.24, 2.45) is 23.2 Å². The van der Waals surface area contributed by atoms with E-state index < -0.39 is 29.4 Å². The predicted molar refractivity (Wildman–Crippen MR) is 98.9 cm³/mol. The lowest BCUT2D eigenvalue weighted by atomic mass is 9.47. The Bertz CT molecular complexity index is 744. The van der Waals surface area contributed by atoms with Crippen LogP contribution in [0.1, 0.15) is 48.9 Å². The minimum Gasteiger partial charge on any atom is -0.544 e. The number of ether oxygens (including phenoxy) is 1. The Morgan fingerprint density at radius 2 is 1.70 bits per heavy atom. The molecular formula is C20H20F2IO4-. The number of carbonyl (C=O) groups excluding carboxylic acids is 2. The Kier molecular flexibility index (Phi) is 4.71. The van der Waals surface area contributed by atoms with Crippen molar-refractivity contribution < 1.29 is 28.2 Å². The maximum absolute atomic E-state index is 14.7. The molecule has 4 saturated carbocycles. The van der Waals surface area contributed by atoms with Gasteiger partial charge in [0.1, 0.15) is 5.97 Å². The number of carboxylic acid groups (broad SMARTS) is 1. The SMILES string of the molecule is O=C(OC(C12CC3CC(CC(C3)C1)C2)C(F)(F)C(=O)[O-])c1cccc(I)c1. The van der Waals surface area contributed by atoms with Gasteiger partial charge >= 0.3 is 11.9 Å². The lowest BCUT2D eigenvalue weighted by molar-refractivity contribution is -0.342. The normalized spacial score (nSPS) is 32.9. The van der Waals surface area contributed by atoms with Crippen LogP contribution in [0.25, 0.3) is 0 Å². The van der Waals surface area contributed by atoms with Crippen LogP contribution in [-0.2, 0) is 9.53 Å². The summed E-state index contributed by atoms with van der Waals surface area (Å²) in [7, 11) is 0. The molecular weight excluding hydrogens is 469 g/mol. The quantitative estimate of drug-likeness (QED) is 0.470. The summed E-state index contributed by atoms with van der Waals surface area (Å²) in [6.07, 6.45) is 2.51. The second kappa shape index (κ2) is 6.67. The third-order valence-corrected chi connectivity index (χ3v) is 7.20. The zero-order valence-electron chi connectivity index (χ0n) is 14.6. The van der Waals surface area contributed by atoms with E-state index in [9.17, 15) is 23.5 Å². The molecule has 5 rings (SSSR count). The molecule has 1 aromatic carbocycles. The number of carbonyl (C=O) groups is 2. The van der Waals surface area contributed by atoms with Gasteiger partial charge in [-0.15, -0.1) is 0 Å². The Labute approximate surface area is 169 Å². The van der Waals surface area contributed by atoms with Crippen molar-refractivity contribution in [2.45, 2.75) is 50.6 Å². The first kappa shape index (κ1) is 19.1. The second-order valence-corrected chi connectivity index (χ2v) is 9.73. The fourth-order valence-corrected chi connectivity index (χ4v) is 6.52. The van der Waals surface area contributed by atoms with Gasteiger partial charge < -0.3 is 14.6 Å². The second-order valence-electron chi connectivity index (χ2n) is 8.49. The summed E-state index contributed by atoms with van der Waals surface area (Å²) in [4.78, 5) is 23.9. The van der Waals surface area contributed by atoms with Crippen molar-refractivity contribution in [2.75, 3.05) is 0 Å². The smallest absolute Gasteiger partial charge is 0.338 e. The molecule has 1 unspecified atom stereocenters. The molecule has 4 fully saturated rings. The average Bonchev–Trinajstić information content (AvgIpc) is 2.57. The summed E-state index contributed by atoms with van der Waals surface area (Å²) in [5.74, 6) is -6.66. The van der Waals surface area contributed by atoms with Crippen molar-refractivity contribution in [3.8, 4) is 0 Å². The van der Waals surface area contributed by atoms with E-state index in [0.717, 1.165) is 22.8 Å². The summed E-state index contributed by atoms with van der Waals surface area (Å²) in [6.45, 7) is 0. The van der Waals surface area contributed by atoms with Crippen LogP contribution in [-0.4, -0.2) is 24.0 Å². The fraction of sp³-hybridized carbons (Fsp3) is 0.600. The lowest BCUT2D eigenvalue weighted by Crippen LogP contribution is -2.62. The predicted octanol–water partition coefficient (Wildman–Crippen LogP) is 3.42. The molecule has 27 heavy (non-hydrogen) atoms. The van der Waals surface area contributed by atoms with E-state index in [1.54, 1.807) is 12.1 Å². The van der Waals surface area contributed by atoms with E-state index in [2.05, 4.69) is 0 Å². The Morgan fingerprint density at radius 1 is 1.15 bits per heavy atom. The van der Waals surface area contributed by atoms with Gasteiger partial charge in [0.25, 0.3) is 0 Å². The highest BCUT2D eigenvalue weighted by atomic mass is 127. The van der Waals surface area contributed by atoms with Gasteiger partial charge in [0.15, 0.2) is 6.10 Å². The molecule has 0 amide bonds. The number of benzene rings is 1. The summed E-state index contributed by atoms with van der Waals surface area (Å²) in [5, 5.41) is 11.3. The van der Waals surface area contributed by atoms with Gasteiger partial charge in [0.2, 0.25) is 0 Å². The highest BCUT2D eigenvalue weighted by molar-refractivity contribution is 14.1. The minimum atomic E-state index is -4.22. The third-order valence-electron chi connectivity index (χ3n) is 6.53. The topological polar surface area (TPSA) is 66.4 Å². The number of esters is 1.